The molecule has 0 saturated heterocycles. The van der Waals surface area contributed by atoms with E-state index in [1.165, 1.54) is 36.3 Å². The van der Waals surface area contributed by atoms with Gasteiger partial charge < -0.3 is 9.64 Å². The maximum Gasteiger partial charge on any atom is 0.228 e. The number of amides is 1. The Morgan fingerprint density at radius 3 is 2.46 bits per heavy atom. The lowest BCUT2D eigenvalue weighted by molar-refractivity contribution is -0.118. The molecule has 0 aliphatic carbocycles. The topological polar surface area (TPSA) is 75.7 Å². The van der Waals surface area contributed by atoms with E-state index in [4.69, 9.17) is 4.74 Å². The highest BCUT2D eigenvalue weighted by Crippen LogP contribution is 2.24. The van der Waals surface area contributed by atoms with Crippen LogP contribution in [-0.4, -0.2) is 34.7 Å². The molecule has 0 unspecified atom stereocenters. The Kier molecular flexibility index (Phi) is 6.33. The van der Waals surface area contributed by atoms with Crippen molar-refractivity contribution in [2.75, 3.05) is 25.3 Å². The van der Waals surface area contributed by atoms with Crippen LogP contribution in [0.25, 0.3) is 0 Å². The fourth-order valence-electron chi connectivity index (χ4n) is 2.46. The van der Waals surface area contributed by atoms with Crippen molar-refractivity contribution >= 4 is 21.6 Å². The third kappa shape index (κ3) is 5.53. The summed E-state index contributed by atoms with van der Waals surface area (Å²) in [6.45, 7) is 0. The summed E-state index contributed by atoms with van der Waals surface area (Å²) in [4.78, 5) is 14.1. The van der Waals surface area contributed by atoms with Gasteiger partial charge in [0.25, 0.3) is 0 Å². The van der Waals surface area contributed by atoms with Crippen LogP contribution in [0.15, 0.2) is 48.5 Å². The van der Waals surface area contributed by atoms with Gasteiger partial charge in [0.15, 0.2) is 0 Å². The second-order valence-electron chi connectivity index (χ2n) is 5.85. The van der Waals surface area contributed by atoms with Gasteiger partial charge >= 0.3 is 0 Å². The van der Waals surface area contributed by atoms with E-state index in [2.05, 4.69) is 4.72 Å². The van der Waals surface area contributed by atoms with E-state index in [9.17, 15) is 17.6 Å². The first kappa shape index (κ1) is 19.9. The van der Waals surface area contributed by atoms with Crippen molar-refractivity contribution in [3.63, 3.8) is 0 Å². The number of ether oxygens (including phenoxy) is 1. The summed E-state index contributed by atoms with van der Waals surface area (Å²) in [6, 6.07) is 11.5. The van der Waals surface area contributed by atoms with Crippen LogP contribution in [0.1, 0.15) is 18.0 Å². The molecular formula is C18H21FN2O4S. The molecule has 0 saturated carbocycles. The highest BCUT2D eigenvalue weighted by molar-refractivity contribution is 7.88. The maximum absolute atomic E-state index is 13.1. The number of carbonyl (C=O) groups excluding carboxylic acids is 1. The summed E-state index contributed by atoms with van der Waals surface area (Å²) in [7, 11) is -0.437. The van der Waals surface area contributed by atoms with Gasteiger partial charge in [-0.05, 0) is 29.8 Å². The molecule has 0 fully saturated rings. The van der Waals surface area contributed by atoms with E-state index in [1.807, 2.05) is 0 Å². The zero-order valence-electron chi connectivity index (χ0n) is 14.8. The normalized spacial score (nSPS) is 12.5. The largest absolute Gasteiger partial charge is 0.497 e. The predicted molar refractivity (Wildman–Crippen MR) is 98.1 cm³/mol. The lowest BCUT2D eigenvalue weighted by Crippen LogP contribution is -2.34. The zero-order valence-corrected chi connectivity index (χ0v) is 15.6. The molecule has 26 heavy (non-hydrogen) atoms. The Hall–Kier alpha value is -2.45. The lowest BCUT2D eigenvalue weighted by Gasteiger charge is -2.22. The van der Waals surface area contributed by atoms with Crippen LogP contribution < -0.4 is 14.4 Å². The third-order valence-corrected chi connectivity index (χ3v) is 4.53. The van der Waals surface area contributed by atoms with Crippen LogP contribution in [0.3, 0.4) is 0 Å². The predicted octanol–water partition coefficient (Wildman–Crippen LogP) is 2.48. The highest BCUT2D eigenvalue weighted by Gasteiger charge is 2.22. The fourth-order valence-corrected chi connectivity index (χ4v) is 3.19. The smallest absolute Gasteiger partial charge is 0.228 e. The molecule has 1 N–H and O–H groups in total. The number of anilines is 1. The van der Waals surface area contributed by atoms with Gasteiger partial charge in [0.05, 0.1) is 19.4 Å². The first-order valence-electron chi connectivity index (χ1n) is 7.83. The average molecular weight is 380 g/mol. The van der Waals surface area contributed by atoms with Crippen molar-refractivity contribution in [2.24, 2.45) is 0 Å². The third-order valence-electron chi connectivity index (χ3n) is 3.82. The van der Waals surface area contributed by atoms with E-state index in [0.29, 0.717) is 17.0 Å². The summed E-state index contributed by atoms with van der Waals surface area (Å²) < 4.78 is 44.0. The van der Waals surface area contributed by atoms with Crippen molar-refractivity contribution in [1.29, 1.82) is 0 Å². The minimum Gasteiger partial charge on any atom is -0.497 e. The molecule has 1 atom stereocenters. The number of rotatable bonds is 7. The van der Waals surface area contributed by atoms with Crippen molar-refractivity contribution in [3.05, 3.63) is 59.9 Å². The van der Waals surface area contributed by atoms with Crippen LogP contribution in [0.2, 0.25) is 0 Å². The van der Waals surface area contributed by atoms with Crippen LogP contribution in [0.4, 0.5) is 10.1 Å². The summed E-state index contributed by atoms with van der Waals surface area (Å²) in [5.74, 6) is -0.137. The van der Waals surface area contributed by atoms with E-state index in [1.54, 1.807) is 31.3 Å². The summed E-state index contributed by atoms with van der Waals surface area (Å²) in [6.07, 6.45) is 0.895. The summed E-state index contributed by atoms with van der Waals surface area (Å²) in [5.41, 5.74) is 1.12. The Labute approximate surface area is 152 Å². The minimum atomic E-state index is -3.56. The number of benzene rings is 2. The van der Waals surface area contributed by atoms with E-state index < -0.39 is 21.9 Å². The molecule has 2 aromatic carbocycles. The van der Waals surface area contributed by atoms with Gasteiger partial charge in [-0.3, -0.25) is 4.79 Å². The number of sulfonamides is 1. The van der Waals surface area contributed by atoms with Crippen molar-refractivity contribution in [1.82, 2.24) is 4.72 Å². The number of carbonyl (C=O) groups is 1. The van der Waals surface area contributed by atoms with Gasteiger partial charge in [-0.2, -0.15) is 0 Å². The Bertz CT molecular complexity index is 869. The molecule has 1 amide bonds. The average Bonchev–Trinajstić information content (AvgIpc) is 2.60. The second kappa shape index (κ2) is 8.29. The Morgan fingerprint density at radius 1 is 1.23 bits per heavy atom. The van der Waals surface area contributed by atoms with Crippen LogP contribution >= 0.6 is 0 Å². The molecule has 6 nitrogen and oxygen atoms in total. The lowest BCUT2D eigenvalue weighted by atomic mass is 10.0. The van der Waals surface area contributed by atoms with Gasteiger partial charge in [-0.15, -0.1) is 0 Å². The molecule has 140 valence electrons. The number of nitrogens with zero attached hydrogens (tertiary/aromatic N) is 1. The molecular weight excluding hydrogens is 359 g/mol. The van der Waals surface area contributed by atoms with Crippen molar-refractivity contribution in [2.45, 2.75) is 12.5 Å². The summed E-state index contributed by atoms with van der Waals surface area (Å²) in [5, 5.41) is 0. The molecule has 2 rings (SSSR count). The standard InChI is InChI=1S/C18H21FN2O4S/c1-21(15-5-4-6-16(11-15)25-2)18(22)12-17(20-26(3,23)24)13-7-9-14(19)10-8-13/h4-11,17,20H,12H2,1-3H3/t17-/m1/s1. The Balaban J connectivity index is 2.23. The first-order chi connectivity index (χ1) is 12.2. The number of methoxy groups -OCH3 is 1. The van der Waals surface area contributed by atoms with Gasteiger partial charge in [0.2, 0.25) is 15.9 Å². The van der Waals surface area contributed by atoms with Gasteiger partial charge in [-0.1, -0.05) is 18.2 Å². The molecule has 0 heterocycles. The summed E-state index contributed by atoms with van der Waals surface area (Å²) >= 11 is 0. The first-order valence-corrected chi connectivity index (χ1v) is 9.72. The van der Waals surface area contributed by atoms with Gasteiger partial charge in [-0.25, -0.2) is 17.5 Å². The van der Waals surface area contributed by atoms with Crippen molar-refractivity contribution < 1.29 is 22.3 Å². The molecule has 8 heteroatoms. The van der Waals surface area contributed by atoms with Crippen LogP contribution in [0, 0.1) is 5.82 Å². The molecule has 0 aromatic heterocycles. The monoisotopic (exact) mass is 380 g/mol. The number of hydrogen-bond acceptors (Lipinski definition) is 4. The van der Waals surface area contributed by atoms with E-state index in [-0.39, 0.29) is 12.3 Å². The molecule has 0 aliphatic heterocycles. The molecule has 0 radical (unpaired) electrons. The zero-order chi connectivity index (χ0) is 19.3. The molecule has 0 spiro atoms. The Morgan fingerprint density at radius 2 is 1.88 bits per heavy atom. The number of halogens is 1. The SMILES string of the molecule is COc1cccc(N(C)C(=O)C[C@@H](NS(C)(=O)=O)c2ccc(F)cc2)c1. The highest BCUT2D eigenvalue weighted by atomic mass is 32.2. The van der Waals surface area contributed by atoms with Gasteiger partial charge in [0, 0.05) is 25.2 Å². The van der Waals surface area contributed by atoms with Crippen LogP contribution in [0.5, 0.6) is 5.75 Å². The fraction of sp³-hybridized carbons (Fsp3) is 0.278. The number of nitrogens with one attached hydrogen (secondary N) is 1. The quantitative estimate of drug-likeness (QED) is 0.801. The second-order valence-corrected chi connectivity index (χ2v) is 7.63. The van der Waals surface area contributed by atoms with E-state index in [0.717, 1.165) is 6.26 Å². The van der Waals surface area contributed by atoms with E-state index >= 15 is 0 Å². The van der Waals surface area contributed by atoms with Crippen molar-refractivity contribution in [3.8, 4) is 5.75 Å². The van der Waals surface area contributed by atoms with Crippen LogP contribution in [-0.2, 0) is 14.8 Å². The number of hydrogen-bond donors (Lipinski definition) is 1. The molecule has 2 aromatic rings. The minimum absolute atomic E-state index is 0.119. The maximum atomic E-state index is 13.1. The molecule has 0 aliphatic rings. The molecule has 0 bridgehead atoms. The van der Waals surface area contributed by atoms with Gasteiger partial charge in [0.1, 0.15) is 11.6 Å².